The molecular weight excluding hydrogens is 308 g/mol. The fourth-order valence-corrected chi connectivity index (χ4v) is 3.14. The molecule has 0 aliphatic carbocycles. The summed E-state index contributed by atoms with van der Waals surface area (Å²) in [5.41, 5.74) is 7.08. The first-order valence-corrected chi connectivity index (χ1v) is 8.63. The Morgan fingerprint density at radius 1 is 1.26 bits per heavy atom. The smallest absolute Gasteiger partial charge is 0.237 e. The number of rotatable bonds is 7. The van der Waals surface area contributed by atoms with Crippen LogP contribution >= 0.6 is 11.3 Å². The lowest BCUT2D eigenvalue weighted by Gasteiger charge is -2.17. The second kappa shape index (κ2) is 8.13. The second-order valence-electron chi connectivity index (χ2n) is 5.62. The molecule has 1 aromatic carbocycles. The Morgan fingerprint density at radius 3 is 2.57 bits per heavy atom. The van der Waals surface area contributed by atoms with Gasteiger partial charge in [0.1, 0.15) is 5.75 Å². The number of thiophene rings is 1. The van der Waals surface area contributed by atoms with Crippen LogP contribution in [0.5, 0.6) is 5.75 Å². The highest BCUT2D eigenvalue weighted by Gasteiger charge is 2.19. The molecule has 0 aliphatic heterocycles. The standard InChI is InChI=1S/C18H24N2O2S/c1-4-12(2)17(19)18(21)20-11-15-9-10-16(23-15)13-5-7-14(22-3)8-6-13/h5-10,12,17H,4,11,19H2,1-3H3,(H,20,21). The van der Waals surface area contributed by atoms with Crippen LogP contribution < -0.4 is 15.8 Å². The molecule has 1 heterocycles. The van der Waals surface area contributed by atoms with Gasteiger partial charge in [-0.1, -0.05) is 20.3 Å². The van der Waals surface area contributed by atoms with Crippen LogP contribution in [-0.4, -0.2) is 19.1 Å². The predicted molar refractivity (Wildman–Crippen MR) is 95.6 cm³/mol. The van der Waals surface area contributed by atoms with E-state index < -0.39 is 6.04 Å². The van der Waals surface area contributed by atoms with Gasteiger partial charge in [0.05, 0.1) is 19.7 Å². The van der Waals surface area contributed by atoms with Crippen LogP contribution in [0.2, 0.25) is 0 Å². The Kier molecular flexibility index (Phi) is 6.19. The van der Waals surface area contributed by atoms with Crippen LogP contribution in [0.3, 0.4) is 0 Å². The molecule has 1 amide bonds. The van der Waals surface area contributed by atoms with E-state index in [0.717, 1.165) is 22.6 Å². The first kappa shape index (κ1) is 17.5. The quantitative estimate of drug-likeness (QED) is 0.816. The highest BCUT2D eigenvalue weighted by molar-refractivity contribution is 7.15. The van der Waals surface area contributed by atoms with Crippen molar-refractivity contribution in [2.45, 2.75) is 32.9 Å². The number of methoxy groups -OCH3 is 1. The third kappa shape index (κ3) is 4.56. The van der Waals surface area contributed by atoms with Crippen molar-refractivity contribution >= 4 is 17.2 Å². The SMILES string of the molecule is CCC(C)C(N)C(=O)NCc1ccc(-c2ccc(OC)cc2)s1. The topological polar surface area (TPSA) is 64.4 Å². The fourth-order valence-electron chi connectivity index (χ4n) is 2.19. The van der Waals surface area contributed by atoms with Crippen LogP contribution in [-0.2, 0) is 11.3 Å². The van der Waals surface area contributed by atoms with Gasteiger partial charge in [0.25, 0.3) is 0 Å². The Bertz CT molecular complexity index is 637. The lowest BCUT2D eigenvalue weighted by atomic mass is 9.99. The molecule has 3 N–H and O–H groups in total. The van der Waals surface area contributed by atoms with Crippen molar-refractivity contribution in [3.63, 3.8) is 0 Å². The van der Waals surface area contributed by atoms with Crippen molar-refractivity contribution in [2.24, 2.45) is 11.7 Å². The normalized spacial score (nSPS) is 13.4. The summed E-state index contributed by atoms with van der Waals surface area (Å²) in [4.78, 5) is 14.3. The fraction of sp³-hybridized carbons (Fsp3) is 0.389. The Morgan fingerprint density at radius 2 is 1.96 bits per heavy atom. The number of hydrogen-bond donors (Lipinski definition) is 2. The first-order chi connectivity index (χ1) is 11.0. The van der Waals surface area contributed by atoms with Crippen molar-refractivity contribution < 1.29 is 9.53 Å². The zero-order valence-electron chi connectivity index (χ0n) is 13.8. The molecule has 0 fully saturated rings. The van der Waals surface area contributed by atoms with Crippen LogP contribution in [0.15, 0.2) is 36.4 Å². The van der Waals surface area contributed by atoms with Crippen molar-refractivity contribution in [3.05, 3.63) is 41.3 Å². The van der Waals surface area contributed by atoms with Gasteiger partial charge in [-0.2, -0.15) is 0 Å². The van der Waals surface area contributed by atoms with Gasteiger partial charge < -0.3 is 15.8 Å². The van der Waals surface area contributed by atoms with E-state index in [9.17, 15) is 4.79 Å². The molecular formula is C18H24N2O2S. The van der Waals surface area contributed by atoms with Gasteiger partial charge in [-0.3, -0.25) is 4.79 Å². The largest absolute Gasteiger partial charge is 0.497 e. The van der Waals surface area contributed by atoms with Gasteiger partial charge in [-0.15, -0.1) is 11.3 Å². The van der Waals surface area contributed by atoms with Gasteiger partial charge in [0.2, 0.25) is 5.91 Å². The minimum absolute atomic E-state index is 0.0845. The summed E-state index contributed by atoms with van der Waals surface area (Å²) >= 11 is 1.67. The molecule has 0 spiro atoms. The molecule has 124 valence electrons. The average molecular weight is 332 g/mol. The molecule has 0 bridgehead atoms. The van der Waals surface area contributed by atoms with E-state index in [1.807, 2.05) is 44.2 Å². The number of benzene rings is 1. The van der Waals surface area contributed by atoms with Gasteiger partial charge in [0.15, 0.2) is 0 Å². The minimum atomic E-state index is -0.443. The van der Waals surface area contributed by atoms with E-state index in [4.69, 9.17) is 10.5 Å². The van der Waals surface area contributed by atoms with E-state index in [1.165, 1.54) is 4.88 Å². The van der Waals surface area contributed by atoms with Crippen molar-refractivity contribution in [1.82, 2.24) is 5.32 Å². The zero-order chi connectivity index (χ0) is 16.8. The van der Waals surface area contributed by atoms with Crippen molar-refractivity contribution in [2.75, 3.05) is 7.11 Å². The summed E-state index contributed by atoms with van der Waals surface area (Å²) in [6.45, 7) is 4.55. The maximum absolute atomic E-state index is 12.0. The Labute approximate surface area is 141 Å². The van der Waals surface area contributed by atoms with Gasteiger partial charge >= 0.3 is 0 Å². The predicted octanol–water partition coefficient (Wildman–Crippen LogP) is 3.41. The highest BCUT2D eigenvalue weighted by Crippen LogP contribution is 2.29. The monoisotopic (exact) mass is 332 g/mol. The third-order valence-electron chi connectivity index (χ3n) is 4.03. The average Bonchev–Trinajstić information content (AvgIpc) is 3.07. The van der Waals surface area contributed by atoms with E-state index in [1.54, 1.807) is 18.4 Å². The summed E-state index contributed by atoms with van der Waals surface area (Å²) < 4.78 is 5.17. The van der Waals surface area contributed by atoms with E-state index in [-0.39, 0.29) is 11.8 Å². The lowest BCUT2D eigenvalue weighted by Crippen LogP contribution is -2.44. The minimum Gasteiger partial charge on any atom is -0.497 e. The summed E-state index contributed by atoms with van der Waals surface area (Å²) in [7, 11) is 1.66. The van der Waals surface area contributed by atoms with Crippen molar-refractivity contribution in [3.8, 4) is 16.2 Å². The van der Waals surface area contributed by atoms with Crippen LogP contribution in [0.1, 0.15) is 25.1 Å². The zero-order valence-corrected chi connectivity index (χ0v) is 14.7. The number of amides is 1. The summed E-state index contributed by atoms with van der Waals surface area (Å²) in [6, 6.07) is 11.6. The maximum Gasteiger partial charge on any atom is 0.237 e. The molecule has 2 rings (SSSR count). The second-order valence-corrected chi connectivity index (χ2v) is 6.79. The van der Waals surface area contributed by atoms with Crippen molar-refractivity contribution in [1.29, 1.82) is 0 Å². The number of nitrogens with one attached hydrogen (secondary N) is 1. The molecule has 0 saturated heterocycles. The van der Waals surface area contributed by atoms with Crippen LogP contribution in [0.4, 0.5) is 0 Å². The molecule has 2 atom stereocenters. The maximum atomic E-state index is 12.0. The van der Waals surface area contributed by atoms with Gasteiger partial charge in [0, 0.05) is 9.75 Å². The van der Waals surface area contributed by atoms with E-state index in [0.29, 0.717) is 6.54 Å². The Hall–Kier alpha value is -1.85. The molecule has 23 heavy (non-hydrogen) atoms. The number of ether oxygens (including phenoxy) is 1. The molecule has 1 aromatic heterocycles. The molecule has 5 heteroatoms. The summed E-state index contributed by atoms with van der Waals surface area (Å²) in [5, 5.41) is 2.92. The third-order valence-corrected chi connectivity index (χ3v) is 5.17. The molecule has 0 saturated carbocycles. The number of carbonyl (C=O) groups is 1. The number of carbonyl (C=O) groups excluding carboxylic acids is 1. The molecule has 2 aromatic rings. The Balaban J connectivity index is 1.95. The molecule has 0 radical (unpaired) electrons. The molecule has 0 aliphatic rings. The number of nitrogens with two attached hydrogens (primary N) is 1. The van der Waals surface area contributed by atoms with Crippen LogP contribution in [0, 0.1) is 5.92 Å². The summed E-state index contributed by atoms with van der Waals surface area (Å²) in [6.07, 6.45) is 0.898. The molecule has 2 unspecified atom stereocenters. The number of hydrogen-bond acceptors (Lipinski definition) is 4. The van der Waals surface area contributed by atoms with Gasteiger partial charge in [-0.05, 0) is 47.9 Å². The lowest BCUT2D eigenvalue weighted by molar-refractivity contribution is -0.123. The van der Waals surface area contributed by atoms with E-state index >= 15 is 0 Å². The van der Waals surface area contributed by atoms with Crippen LogP contribution in [0.25, 0.3) is 10.4 Å². The highest BCUT2D eigenvalue weighted by atomic mass is 32.1. The first-order valence-electron chi connectivity index (χ1n) is 7.81. The van der Waals surface area contributed by atoms with Gasteiger partial charge in [-0.25, -0.2) is 0 Å². The molecule has 4 nitrogen and oxygen atoms in total. The van der Waals surface area contributed by atoms with E-state index in [2.05, 4.69) is 11.4 Å². The summed E-state index contributed by atoms with van der Waals surface area (Å²) in [5.74, 6) is 0.948.